The summed E-state index contributed by atoms with van der Waals surface area (Å²) in [6.45, 7) is 5.35. The summed E-state index contributed by atoms with van der Waals surface area (Å²) >= 11 is 0. The highest BCUT2D eigenvalue weighted by Gasteiger charge is 2.29. The van der Waals surface area contributed by atoms with E-state index in [2.05, 4.69) is 15.3 Å². The molecule has 0 aromatic heterocycles. The second kappa shape index (κ2) is 7.16. The Morgan fingerprint density at radius 3 is 2.59 bits per heavy atom. The van der Waals surface area contributed by atoms with Crippen LogP contribution in [0, 0.1) is 12.3 Å². The summed E-state index contributed by atoms with van der Waals surface area (Å²) in [6, 6.07) is 6.30. The summed E-state index contributed by atoms with van der Waals surface area (Å²) < 4.78 is 5.01. The molecule has 1 amide bonds. The number of azide groups is 1. The van der Waals surface area contributed by atoms with Crippen molar-refractivity contribution in [3.63, 3.8) is 0 Å². The normalized spacial score (nSPS) is 11.5. The van der Waals surface area contributed by atoms with Gasteiger partial charge in [0.25, 0.3) is 5.91 Å². The van der Waals surface area contributed by atoms with Gasteiger partial charge in [-0.25, -0.2) is 4.79 Å². The summed E-state index contributed by atoms with van der Waals surface area (Å²) in [5.74, 6) is 0.249. The number of benzene rings is 1. The van der Waals surface area contributed by atoms with Gasteiger partial charge in [0.1, 0.15) is 0 Å². The zero-order valence-electron chi connectivity index (χ0n) is 12.5. The summed E-state index contributed by atoms with van der Waals surface area (Å²) in [7, 11) is 0. The Labute approximate surface area is 128 Å². The fourth-order valence-electron chi connectivity index (χ4n) is 1.68. The predicted octanol–water partition coefficient (Wildman–Crippen LogP) is 2.76. The van der Waals surface area contributed by atoms with Gasteiger partial charge in [0.15, 0.2) is 0 Å². The van der Waals surface area contributed by atoms with E-state index in [1.54, 1.807) is 38.8 Å². The Bertz CT molecular complexity index is 664. The molecule has 0 heterocycles. The Kier molecular flexibility index (Phi) is 5.56. The number of nitrogens with zero attached hydrogens (tertiary/aromatic N) is 3. The molecule has 0 radical (unpaired) electrons. The highest BCUT2D eigenvalue weighted by molar-refractivity contribution is 5.92. The van der Waals surface area contributed by atoms with Crippen molar-refractivity contribution in [2.75, 3.05) is 0 Å². The first-order valence-corrected chi connectivity index (χ1v) is 6.42. The molecule has 1 aromatic rings. The third-order valence-corrected chi connectivity index (χ3v) is 2.45. The monoisotopic (exact) mass is 300 g/mol. The third kappa shape index (κ3) is 4.85. The molecule has 114 valence electrons. The van der Waals surface area contributed by atoms with E-state index in [0.29, 0.717) is 0 Å². The molecule has 0 saturated heterocycles. The minimum Gasteiger partial charge on any atom is -0.438 e. The molecule has 0 aliphatic rings. The van der Waals surface area contributed by atoms with Crippen molar-refractivity contribution < 1.29 is 14.3 Å². The fourth-order valence-corrected chi connectivity index (χ4v) is 1.68. The Morgan fingerprint density at radius 2 is 2.05 bits per heavy atom. The number of amides is 1. The predicted molar refractivity (Wildman–Crippen MR) is 80.8 cm³/mol. The van der Waals surface area contributed by atoms with Crippen LogP contribution in [0.5, 0.6) is 0 Å². The standard InChI is InChI=1S/C15H16N4O3/c1-5-12(20)22-13(14(21)17-15(2,3)4)10-8-6-7-9-11(10)18-19-16/h1,6-9,13H,2-4H3,(H,17,21). The Hall–Kier alpha value is -2.97. The first-order valence-electron chi connectivity index (χ1n) is 6.42. The molecular formula is C15H16N4O3. The van der Waals surface area contributed by atoms with E-state index in [-0.39, 0.29) is 11.3 Å². The van der Waals surface area contributed by atoms with Gasteiger partial charge in [0.2, 0.25) is 6.10 Å². The maximum Gasteiger partial charge on any atom is 0.385 e. The number of hydrogen-bond donors (Lipinski definition) is 1. The van der Waals surface area contributed by atoms with Crippen molar-refractivity contribution in [3.05, 3.63) is 40.3 Å². The van der Waals surface area contributed by atoms with Crippen molar-refractivity contribution in [2.45, 2.75) is 32.4 Å². The van der Waals surface area contributed by atoms with Gasteiger partial charge in [-0.1, -0.05) is 29.4 Å². The van der Waals surface area contributed by atoms with Crippen LogP contribution in [0.15, 0.2) is 29.4 Å². The molecular weight excluding hydrogens is 284 g/mol. The van der Waals surface area contributed by atoms with Crippen molar-refractivity contribution in [2.24, 2.45) is 5.11 Å². The lowest BCUT2D eigenvalue weighted by Crippen LogP contribution is -2.44. The SMILES string of the molecule is C#CC(=O)OC(C(=O)NC(C)(C)C)c1ccccc1N=[N+]=[N-]. The molecule has 1 rings (SSSR count). The number of hydrogen-bond acceptors (Lipinski definition) is 4. The second-order valence-electron chi connectivity index (χ2n) is 5.42. The zero-order chi connectivity index (χ0) is 16.8. The molecule has 1 aromatic carbocycles. The largest absolute Gasteiger partial charge is 0.438 e. The smallest absolute Gasteiger partial charge is 0.385 e. The van der Waals surface area contributed by atoms with Gasteiger partial charge in [-0.05, 0) is 26.3 Å². The lowest BCUT2D eigenvalue weighted by atomic mass is 10.0. The molecule has 1 N–H and O–H groups in total. The molecule has 0 spiro atoms. The molecule has 0 fully saturated rings. The molecule has 0 aliphatic carbocycles. The van der Waals surface area contributed by atoms with Gasteiger partial charge in [0, 0.05) is 27.6 Å². The fraction of sp³-hybridized carbons (Fsp3) is 0.333. The number of carbonyl (C=O) groups excluding carboxylic acids is 2. The number of nitrogens with one attached hydrogen (secondary N) is 1. The Balaban J connectivity index is 3.27. The molecule has 0 saturated carbocycles. The third-order valence-electron chi connectivity index (χ3n) is 2.45. The number of ether oxygens (including phenoxy) is 1. The molecule has 1 unspecified atom stereocenters. The quantitative estimate of drug-likeness (QED) is 0.231. The summed E-state index contributed by atoms with van der Waals surface area (Å²) in [4.78, 5) is 26.5. The number of esters is 1. The minimum atomic E-state index is -1.30. The van der Waals surface area contributed by atoms with Crippen LogP contribution < -0.4 is 5.32 Å². The van der Waals surface area contributed by atoms with Crippen LogP contribution in [-0.2, 0) is 14.3 Å². The van der Waals surface area contributed by atoms with Gasteiger partial charge >= 0.3 is 5.97 Å². The highest BCUT2D eigenvalue weighted by Crippen LogP contribution is 2.29. The number of terminal acetylenes is 1. The van der Waals surface area contributed by atoms with Crippen LogP contribution >= 0.6 is 0 Å². The van der Waals surface area contributed by atoms with E-state index in [1.807, 2.05) is 0 Å². The summed E-state index contributed by atoms with van der Waals surface area (Å²) in [5.41, 5.74) is 8.50. The maximum absolute atomic E-state index is 12.4. The molecule has 0 bridgehead atoms. The zero-order valence-corrected chi connectivity index (χ0v) is 12.5. The topological polar surface area (TPSA) is 104 Å². The van der Waals surface area contributed by atoms with Gasteiger partial charge in [-0.3, -0.25) is 4.79 Å². The van der Waals surface area contributed by atoms with Gasteiger partial charge in [-0.15, -0.1) is 6.42 Å². The van der Waals surface area contributed by atoms with Crippen molar-refractivity contribution in [3.8, 4) is 12.3 Å². The van der Waals surface area contributed by atoms with Crippen molar-refractivity contribution >= 4 is 17.6 Å². The first kappa shape index (κ1) is 17.1. The van der Waals surface area contributed by atoms with E-state index in [0.717, 1.165) is 0 Å². The van der Waals surface area contributed by atoms with Gasteiger partial charge < -0.3 is 10.1 Å². The van der Waals surface area contributed by atoms with Gasteiger partial charge in [0.05, 0.1) is 0 Å². The molecule has 7 heteroatoms. The van der Waals surface area contributed by atoms with E-state index in [9.17, 15) is 9.59 Å². The maximum atomic E-state index is 12.4. The lowest BCUT2D eigenvalue weighted by Gasteiger charge is -2.25. The van der Waals surface area contributed by atoms with Crippen LogP contribution in [0.4, 0.5) is 5.69 Å². The molecule has 22 heavy (non-hydrogen) atoms. The van der Waals surface area contributed by atoms with Gasteiger partial charge in [-0.2, -0.15) is 0 Å². The van der Waals surface area contributed by atoms with Crippen LogP contribution in [-0.4, -0.2) is 17.4 Å². The van der Waals surface area contributed by atoms with Crippen molar-refractivity contribution in [1.29, 1.82) is 0 Å². The summed E-state index contributed by atoms with van der Waals surface area (Å²) in [5, 5.41) is 6.19. The number of carbonyl (C=O) groups is 2. The minimum absolute atomic E-state index is 0.184. The molecule has 7 nitrogen and oxygen atoms in total. The van der Waals surface area contributed by atoms with Crippen LogP contribution in [0.3, 0.4) is 0 Å². The van der Waals surface area contributed by atoms with E-state index < -0.39 is 23.5 Å². The summed E-state index contributed by atoms with van der Waals surface area (Å²) in [6.07, 6.45) is 3.68. The van der Waals surface area contributed by atoms with E-state index in [4.69, 9.17) is 16.7 Å². The average Bonchev–Trinajstić information content (AvgIpc) is 2.43. The average molecular weight is 300 g/mol. The van der Waals surface area contributed by atoms with Crippen molar-refractivity contribution in [1.82, 2.24) is 5.32 Å². The van der Waals surface area contributed by atoms with E-state index in [1.165, 1.54) is 12.1 Å². The van der Waals surface area contributed by atoms with E-state index >= 15 is 0 Å². The number of rotatable bonds is 4. The Morgan fingerprint density at radius 1 is 1.41 bits per heavy atom. The van der Waals surface area contributed by atoms with Crippen LogP contribution in [0.1, 0.15) is 32.4 Å². The highest BCUT2D eigenvalue weighted by atomic mass is 16.5. The lowest BCUT2D eigenvalue weighted by molar-refractivity contribution is -0.151. The molecule has 0 aliphatic heterocycles. The first-order chi connectivity index (χ1) is 10.3. The van der Waals surface area contributed by atoms with Crippen LogP contribution in [0.25, 0.3) is 10.4 Å². The van der Waals surface area contributed by atoms with Crippen LogP contribution in [0.2, 0.25) is 0 Å². The second-order valence-corrected chi connectivity index (χ2v) is 5.42. The molecule has 1 atom stereocenters.